The number of anilines is 1. The number of nitrogens with zero attached hydrogens (tertiary/aromatic N) is 5. The zero-order chi connectivity index (χ0) is 22.7. The van der Waals surface area contributed by atoms with Gasteiger partial charge in [0.15, 0.2) is 5.65 Å². The van der Waals surface area contributed by atoms with Gasteiger partial charge in [0, 0.05) is 44.6 Å². The number of aromatic amines is 1. The van der Waals surface area contributed by atoms with Gasteiger partial charge in [-0.25, -0.2) is 9.97 Å². The first kappa shape index (κ1) is 21.4. The monoisotopic (exact) mass is 434 g/mol. The lowest BCUT2D eigenvalue weighted by Gasteiger charge is -2.34. The largest absolute Gasteiger partial charge is 0.352 e. The Bertz CT molecular complexity index is 1160. The van der Waals surface area contributed by atoms with Gasteiger partial charge in [0.2, 0.25) is 5.91 Å². The van der Waals surface area contributed by atoms with Crippen LogP contribution in [0, 0.1) is 6.92 Å². The summed E-state index contributed by atoms with van der Waals surface area (Å²) in [5, 5.41) is 2.89. The van der Waals surface area contributed by atoms with Crippen LogP contribution >= 0.6 is 0 Å². The Balaban J connectivity index is 1.46. The first-order valence-corrected chi connectivity index (χ1v) is 10.4. The molecule has 4 heterocycles. The molecule has 166 valence electrons. The molecule has 0 aliphatic carbocycles. The number of amides is 2. The Hall–Kier alpha value is -3.79. The average molecular weight is 435 g/mol. The fourth-order valence-corrected chi connectivity index (χ4v) is 3.71. The lowest BCUT2D eigenvalue weighted by atomic mass is 10.2. The highest BCUT2D eigenvalue weighted by atomic mass is 16.2. The highest BCUT2D eigenvalue weighted by molar-refractivity contribution is 6.04. The molecule has 0 spiro atoms. The third kappa shape index (κ3) is 4.30. The van der Waals surface area contributed by atoms with E-state index in [9.17, 15) is 9.59 Å². The van der Waals surface area contributed by atoms with Crippen LogP contribution in [0.2, 0.25) is 0 Å². The van der Waals surface area contributed by atoms with E-state index in [1.807, 2.05) is 19.1 Å². The summed E-state index contributed by atoms with van der Waals surface area (Å²) in [6.07, 6.45) is 4.62. The Kier molecular flexibility index (Phi) is 6.13. The highest BCUT2D eigenvalue weighted by Crippen LogP contribution is 2.20. The van der Waals surface area contributed by atoms with E-state index in [1.54, 1.807) is 17.3 Å². The molecule has 4 rings (SSSR count). The Labute approximate surface area is 185 Å². The summed E-state index contributed by atoms with van der Waals surface area (Å²) >= 11 is 0. The second-order valence-electron chi connectivity index (χ2n) is 7.58. The number of hydrogen-bond acceptors (Lipinski definition) is 7. The summed E-state index contributed by atoms with van der Waals surface area (Å²) in [7, 11) is 0. The maximum atomic E-state index is 12.8. The molecule has 2 amide bonds. The number of nitrogens with one attached hydrogen (secondary N) is 2. The normalized spacial score (nSPS) is 13.9. The number of carbonyl (C=O) groups excluding carboxylic acids is 2. The molecule has 0 saturated carbocycles. The summed E-state index contributed by atoms with van der Waals surface area (Å²) in [5.74, 6) is 0.344. The molecule has 1 fully saturated rings. The van der Waals surface area contributed by atoms with Gasteiger partial charge in [-0.3, -0.25) is 14.6 Å². The van der Waals surface area contributed by atoms with Crippen molar-refractivity contribution in [1.29, 1.82) is 0 Å². The van der Waals surface area contributed by atoms with Crippen molar-refractivity contribution in [2.24, 2.45) is 5.73 Å². The third-order valence-corrected chi connectivity index (χ3v) is 5.61. The molecule has 0 unspecified atom stereocenters. The van der Waals surface area contributed by atoms with E-state index >= 15 is 0 Å². The Morgan fingerprint density at radius 1 is 1.25 bits per heavy atom. The number of H-pyrrole nitrogens is 1. The van der Waals surface area contributed by atoms with Crippen LogP contribution in [0.25, 0.3) is 11.2 Å². The van der Waals surface area contributed by atoms with Crippen molar-refractivity contribution in [1.82, 2.24) is 30.2 Å². The van der Waals surface area contributed by atoms with Gasteiger partial charge >= 0.3 is 0 Å². The average Bonchev–Trinajstić information content (AvgIpc) is 3.25. The predicted molar refractivity (Wildman–Crippen MR) is 121 cm³/mol. The summed E-state index contributed by atoms with van der Waals surface area (Å²) < 4.78 is 0. The number of aryl methyl sites for hydroxylation is 1. The summed E-state index contributed by atoms with van der Waals surface area (Å²) in [6, 6.07) is 3.79. The standard InChI is InChI=1S/C22H26N8O2/c1-3-19(31)30-8-6-29(7-9-30)18-13-25-21-20(28-18)17(12-24-21)22(32)26-11-16-5-4-15(10-23)14(2)27-16/h3-5,12-13H,1,6-11,23H2,2H3,(H,24,25)(H,26,32). The predicted octanol–water partition coefficient (Wildman–Crippen LogP) is 0.885. The van der Waals surface area contributed by atoms with E-state index in [2.05, 4.69) is 36.7 Å². The number of nitrogens with two attached hydrogens (primary N) is 1. The van der Waals surface area contributed by atoms with Gasteiger partial charge < -0.3 is 25.8 Å². The molecule has 10 heteroatoms. The highest BCUT2D eigenvalue weighted by Gasteiger charge is 2.22. The van der Waals surface area contributed by atoms with Crippen LogP contribution in [0.1, 0.15) is 27.3 Å². The van der Waals surface area contributed by atoms with E-state index < -0.39 is 0 Å². The van der Waals surface area contributed by atoms with Crippen LogP contribution in [0.3, 0.4) is 0 Å². The minimum absolute atomic E-state index is 0.0712. The van der Waals surface area contributed by atoms with Crippen LogP contribution in [-0.4, -0.2) is 62.8 Å². The van der Waals surface area contributed by atoms with Gasteiger partial charge in [-0.2, -0.15) is 0 Å². The van der Waals surface area contributed by atoms with Gasteiger partial charge in [-0.1, -0.05) is 12.6 Å². The maximum absolute atomic E-state index is 12.8. The maximum Gasteiger partial charge on any atom is 0.255 e. The molecule has 1 saturated heterocycles. The molecule has 10 nitrogen and oxygen atoms in total. The van der Waals surface area contributed by atoms with Crippen molar-refractivity contribution < 1.29 is 9.59 Å². The molecule has 0 aromatic carbocycles. The lowest BCUT2D eigenvalue weighted by Crippen LogP contribution is -2.48. The second kappa shape index (κ2) is 9.15. The van der Waals surface area contributed by atoms with Crippen LogP contribution in [0.15, 0.2) is 37.2 Å². The van der Waals surface area contributed by atoms with Crippen molar-refractivity contribution in [3.05, 3.63) is 59.7 Å². The Morgan fingerprint density at radius 3 is 2.72 bits per heavy atom. The van der Waals surface area contributed by atoms with Gasteiger partial charge in [-0.15, -0.1) is 0 Å². The van der Waals surface area contributed by atoms with Crippen molar-refractivity contribution in [3.63, 3.8) is 0 Å². The van der Waals surface area contributed by atoms with Crippen molar-refractivity contribution in [2.45, 2.75) is 20.0 Å². The molecule has 1 aliphatic rings. The molecule has 3 aromatic rings. The van der Waals surface area contributed by atoms with Crippen molar-refractivity contribution in [2.75, 3.05) is 31.1 Å². The van der Waals surface area contributed by atoms with E-state index in [0.717, 1.165) is 17.0 Å². The summed E-state index contributed by atoms with van der Waals surface area (Å²) in [5.41, 5.74) is 9.75. The molecule has 1 aliphatic heterocycles. The quantitative estimate of drug-likeness (QED) is 0.491. The van der Waals surface area contributed by atoms with Gasteiger partial charge in [0.1, 0.15) is 11.3 Å². The molecule has 32 heavy (non-hydrogen) atoms. The summed E-state index contributed by atoms with van der Waals surface area (Å²) in [6.45, 7) is 8.60. The minimum atomic E-state index is -0.258. The number of aromatic nitrogens is 4. The molecular formula is C22H26N8O2. The van der Waals surface area contributed by atoms with Crippen LogP contribution in [0.5, 0.6) is 0 Å². The number of rotatable bonds is 6. The van der Waals surface area contributed by atoms with Gasteiger partial charge in [-0.05, 0) is 24.6 Å². The van der Waals surface area contributed by atoms with Crippen LogP contribution in [0.4, 0.5) is 5.82 Å². The zero-order valence-electron chi connectivity index (χ0n) is 18.0. The molecular weight excluding hydrogens is 408 g/mol. The lowest BCUT2D eigenvalue weighted by molar-refractivity contribution is -0.126. The third-order valence-electron chi connectivity index (χ3n) is 5.61. The minimum Gasteiger partial charge on any atom is -0.352 e. The number of piperazine rings is 1. The SMILES string of the molecule is C=CC(=O)N1CCN(c2cnc3[nH]cc(C(=O)NCc4ccc(CN)c(C)n4)c3n2)CC1. The first-order chi connectivity index (χ1) is 15.5. The number of hydrogen-bond donors (Lipinski definition) is 3. The van der Waals surface area contributed by atoms with E-state index in [4.69, 9.17) is 5.73 Å². The smallest absolute Gasteiger partial charge is 0.255 e. The molecule has 0 radical (unpaired) electrons. The van der Waals surface area contributed by atoms with Crippen LogP contribution < -0.4 is 16.0 Å². The van der Waals surface area contributed by atoms with E-state index in [-0.39, 0.29) is 11.8 Å². The van der Waals surface area contributed by atoms with E-state index in [1.165, 1.54) is 6.08 Å². The topological polar surface area (TPSA) is 133 Å². The van der Waals surface area contributed by atoms with E-state index in [0.29, 0.717) is 61.8 Å². The second-order valence-corrected chi connectivity index (χ2v) is 7.58. The number of pyridine rings is 1. The number of carbonyl (C=O) groups is 2. The number of fused-ring (bicyclic) bond motifs is 1. The fourth-order valence-electron chi connectivity index (χ4n) is 3.71. The van der Waals surface area contributed by atoms with Crippen LogP contribution in [-0.2, 0) is 17.9 Å². The summed E-state index contributed by atoms with van der Waals surface area (Å²) in [4.78, 5) is 45.0. The molecule has 0 bridgehead atoms. The first-order valence-electron chi connectivity index (χ1n) is 10.4. The van der Waals surface area contributed by atoms with Crippen molar-refractivity contribution >= 4 is 28.8 Å². The van der Waals surface area contributed by atoms with Gasteiger partial charge in [0.05, 0.1) is 24.0 Å². The Morgan fingerprint density at radius 2 is 2.03 bits per heavy atom. The molecule has 3 aromatic heterocycles. The fraction of sp³-hybridized carbons (Fsp3) is 0.318. The molecule has 4 N–H and O–H groups in total. The van der Waals surface area contributed by atoms with Crippen molar-refractivity contribution in [3.8, 4) is 0 Å². The molecule has 0 atom stereocenters. The zero-order valence-corrected chi connectivity index (χ0v) is 18.0. The van der Waals surface area contributed by atoms with Gasteiger partial charge in [0.25, 0.3) is 5.91 Å².